The van der Waals surface area contributed by atoms with Crippen LogP contribution >= 0.6 is 0 Å². The Morgan fingerprint density at radius 2 is 1.50 bits per heavy atom. The molecule has 0 aliphatic heterocycles. The van der Waals surface area contributed by atoms with Crippen LogP contribution in [0, 0.1) is 11.6 Å². The molecule has 0 aliphatic rings. The zero-order chi connectivity index (χ0) is 13.1. The van der Waals surface area contributed by atoms with Gasteiger partial charge in [-0.25, -0.2) is 8.78 Å². The van der Waals surface area contributed by atoms with Crippen molar-refractivity contribution in [3.05, 3.63) is 54.1 Å². The lowest BCUT2D eigenvalue weighted by molar-refractivity contribution is -0.131. The highest BCUT2D eigenvalue weighted by Gasteiger charge is 2.04. The molecule has 0 fully saturated rings. The Morgan fingerprint density at radius 1 is 0.944 bits per heavy atom. The van der Waals surface area contributed by atoms with Crippen LogP contribution in [0.1, 0.15) is 6.92 Å². The molecular weight excluding hydrogens is 238 g/mol. The van der Waals surface area contributed by atoms with E-state index in [0.29, 0.717) is 16.9 Å². The summed E-state index contributed by atoms with van der Waals surface area (Å²) < 4.78 is 31.0. The van der Waals surface area contributed by atoms with E-state index in [1.807, 2.05) is 0 Å². The van der Waals surface area contributed by atoms with Crippen molar-refractivity contribution in [2.75, 3.05) is 0 Å². The second-order valence-corrected chi connectivity index (χ2v) is 3.78. The lowest BCUT2D eigenvalue weighted by Crippen LogP contribution is -2.00. The van der Waals surface area contributed by atoms with Crippen LogP contribution in [0.4, 0.5) is 8.78 Å². The van der Waals surface area contributed by atoms with E-state index < -0.39 is 17.6 Å². The minimum absolute atomic E-state index is 0.392. The fraction of sp³-hybridized carbons (Fsp3) is 0.0714. The lowest BCUT2D eigenvalue weighted by Gasteiger charge is -2.04. The molecule has 2 rings (SSSR count). The first-order valence-electron chi connectivity index (χ1n) is 5.29. The summed E-state index contributed by atoms with van der Waals surface area (Å²) in [5, 5.41) is 0. The van der Waals surface area contributed by atoms with Crippen LogP contribution in [0.5, 0.6) is 5.75 Å². The second kappa shape index (κ2) is 4.96. The standard InChI is InChI=1S/C14H10F2O2/c1-9(17)18-14-4-2-10(3-5-14)11-6-12(15)8-13(16)7-11/h2-8H,1H3. The third-order valence-corrected chi connectivity index (χ3v) is 2.31. The van der Waals surface area contributed by atoms with E-state index in [4.69, 9.17) is 4.74 Å². The fourth-order valence-electron chi connectivity index (χ4n) is 1.60. The molecule has 0 N–H and O–H groups in total. The van der Waals surface area contributed by atoms with Gasteiger partial charge in [0, 0.05) is 13.0 Å². The number of esters is 1. The molecule has 0 heterocycles. The van der Waals surface area contributed by atoms with E-state index in [1.165, 1.54) is 19.1 Å². The summed E-state index contributed by atoms with van der Waals surface area (Å²) in [5.41, 5.74) is 1.08. The van der Waals surface area contributed by atoms with Gasteiger partial charge in [-0.2, -0.15) is 0 Å². The average molecular weight is 248 g/mol. The molecule has 0 saturated heterocycles. The third kappa shape index (κ3) is 2.91. The normalized spacial score (nSPS) is 10.2. The van der Waals surface area contributed by atoms with E-state index in [1.54, 1.807) is 24.3 Å². The number of carbonyl (C=O) groups excluding carboxylic acids is 1. The van der Waals surface area contributed by atoms with Gasteiger partial charge in [0.25, 0.3) is 0 Å². The Morgan fingerprint density at radius 3 is 2.00 bits per heavy atom. The van der Waals surface area contributed by atoms with Gasteiger partial charge in [-0.3, -0.25) is 4.79 Å². The topological polar surface area (TPSA) is 26.3 Å². The van der Waals surface area contributed by atoms with Gasteiger partial charge in [0.05, 0.1) is 0 Å². The van der Waals surface area contributed by atoms with Crippen LogP contribution in [0.25, 0.3) is 11.1 Å². The minimum atomic E-state index is -0.630. The van der Waals surface area contributed by atoms with Gasteiger partial charge in [0.15, 0.2) is 0 Å². The number of ether oxygens (including phenoxy) is 1. The molecule has 0 radical (unpaired) electrons. The quantitative estimate of drug-likeness (QED) is 0.600. The van der Waals surface area contributed by atoms with Gasteiger partial charge in [0.1, 0.15) is 17.4 Å². The highest BCUT2D eigenvalue weighted by molar-refractivity contribution is 5.70. The zero-order valence-corrected chi connectivity index (χ0v) is 9.61. The molecule has 0 saturated carbocycles. The van der Waals surface area contributed by atoms with Crippen LogP contribution in [-0.2, 0) is 4.79 Å². The number of carbonyl (C=O) groups is 1. The van der Waals surface area contributed by atoms with Crippen molar-refractivity contribution in [2.45, 2.75) is 6.92 Å². The predicted molar refractivity (Wildman–Crippen MR) is 63.1 cm³/mol. The Bertz CT molecular complexity index is 557. The molecular formula is C14H10F2O2. The monoisotopic (exact) mass is 248 g/mol. The molecule has 0 spiro atoms. The fourth-order valence-corrected chi connectivity index (χ4v) is 1.60. The maximum atomic E-state index is 13.1. The second-order valence-electron chi connectivity index (χ2n) is 3.78. The number of hydrogen-bond donors (Lipinski definition) is 0. The zero-order valence-electron chi connectivity index (χ0n) is 9.61. The first-order valence-corrected chi connectivity index (χ1v) is 5.29. The summed E-state index contributed by atoms with van der Waals surface area (Å²) >= 11 is 0. The maximum absolute atomic E-state index is 13.1. The van der Waals surface area contributed by atoms with Crippen molar-refractivity contribution in [3.63, 3.8) is 0 Å². The molecule has 0 bridgehead atoms. The summed E-state index contributed by atoms with van der Waals surface area (Å²) in [6.07, 6.45) is 0. The van der Waals surface area contributed by atoms with Gasteiger partial charge in [0.2, 0.25) is 0 Å². The summed E-state index contributed by atoms with van der Waals surface area (Å²) in [7, 11) is 0. The molecule has 4 heteroatoms. The van der Waals surface area contributed by atoms with Gasteiger partial charge >= 0.3 is 5.97 Å². The molecule has 0 atom stereocenters. The smallest absolute Gasteiger partial charge is 0.308 e. The van der Waals surface area contributed by atoms with Crippen molar-refractivity contribution in [1.29, 1.82) is 0 Å². The lowest BCUT2D eigenvalue weighted by atomic mass is 10.1. The Kier molecular flexibility index (Phi) is 3.37. The predicted octanol–water partition coefficient (Wildman–Crippen LogP) is 3.56. The van der Waals surface area contributed by atoms with Gasteiger partial charge in [-0.1, -0.05) is 12.1 Å². The minimum Gasteiger partial charge on any atom is -0.427 e. The largest absolute Gasteiger partial charge is 0.427 e. The van der Waals surface area contributed by atoms with Crippen molar-refractivity contribution in [3.8, 4) is 16.9 Å². The van der Waals surface area contributed by atoms with E-state index in [0.717, 1.165) is 6.07 Å². The summed E-state index contributed by atoms with van der Waals surface area (Å²) in [6.45, 7) is 1.30. The Hall–Kier alpha value is -2.23. The first kappa shape index (κ1) is 12.2. The Balaban J connectivity index is 2.31. The molecule has 0 amide bonds. The number of hydrogen-bond acceptors (Lipinski definition) is 2. The molecule has 92 valence electrons. The van der Waals surface area contributed by atoms with Gasteiger partial charge < -0.3 is 4.74 Å². The summed E-state index contributed by atoms with van der Waals surface area (Å²) in [6, 6.07) is 9.70. The average Bonchev–Trinajstić information content (AvgIpc) is 2.27. The van der Waals surface area contributed by atoms with Crippen LogP contribution in [0.3, 0.4) is 0 Å². The molecule has 2 aromatic carbocycles. The molecule has 18 heavy (non-hydrogen) atoms. The number of benzene rings is 2. The number of halogens is 2. The van der Waals surface area contributed by atoms with Crippen LogP contribution in [0.2, 0.25) is 0 Å². The highest BCUT2D eigenvalue weighted by atomic mass is 19.1. The molecule has 0 unspecified atom stereocenters. The van der Waals surface area contributed by atoms with Crippen molar-refractivity contribution in [1.82, 2.24) is 0 Å². The Labute approximate surface area is 103 Å². The summed E-state index contributed by atoms with van der Waals surface area (Å²) in [5.74, 6) is -1.29. The van der Waals surface area contributed by atoms with E-state index in [2.05, 4.69) is 0 Å². The van der Waals surface area contributed by atoms with Crippen LogP contribution < -0.4 is 4.74 Å². The number of rotatable bonds is 2. The SMILES string of the molecule is CC(=O)Oc1ccc(-c2cc(F)cc(F)c2)cc1. The van der Waals surface area contributed by atoms with Crippen molar-refractivity contribution < 1.29 is 18.3 Å². The van der Waals surface area contributed by atoms with Gasteiger partial charge in [-0.05, 0) is 35.4 Å². The highest BCUT2D eigenvalue weighted by Crippen LogP contribution is 2.24. The first-order chi connectivity index (χ1) is 8.54. The van der Waals surface area contributed by atoms with Crippen molar-refractivity contribution >= 4 is 5.97 Å². The van der Waals surface area contributed by atoms with Crippen LogP contribution in [-0.4, -0.2) is 5.97 Å². The maximum Gasteiger partial charge on any atom is 0.308 e. The van der Waals surface area contributed by atoms with Crippen LogP contribution in [0.15, 0.2) is 42.5 Å². The molecule has 2 nitrogen and oxygen atoms in total. The van der Waals surface area contributed by atoms with Crippen molar-refractivity contribution in [2.24, 2.45) is 0 Å². The molecule has 0 aromatic heterocycles. The van der Waals surface area contributed by atoms with E-state index in [-0.39, 0.29) is 0 Å². The van der Waals surface area contributed by atoms with E-state index in [9.17, 15) is 13.6 Å². The molecule has 2 aromatic rings. The van der Waals surface area contributed by atoms with E-state index >= 15 is 0 Å². The molecule has 0 aliphatic carbocycles. The summed E-state index contributed by atoms with van der Waals surface area (Å²) in [4.78, 5) is 10.7. The third-order valence-electron chi connectivity index (χ3n) is 2.31. The van der Waals surface area contributed by atoms with Gasteiger partial charge in [-0.15, -0.1) is 0 Å².